The minimum absolute atomic E-state index is 0.0266. The lowest BCUT2D eigenvalue weighted by Crippen LogP contribution is -2.49. The van der Waals surface area contributed by atoms with Gasteiger partial charge in [-0.15, -0.1) is 11.3 Å². The van der Waals surface area contributed by atoms with Crippen molar-refractivity contribution in [2.45, 2.75) is 13.0 Å². The Balaban J connectivity index is 1.28. The van der Waals surface area contributed by atoms with Crippen LogP contribution in [0.2, 0.25) is 0 Å². The van der Waals surface area contributed by atoms with Gasteiger partial charge in [-0.3, -0.25) is 9.78 Å². The number of nitrogens with zero attached hydrogens (tertiary/aromatic N) is 5. The number of piperazine rings is 1. The first-order valence-electron chi connectivity index (χ1n) is 11.9. The molecule has 4 heterocycles. The predicted octanol–water partition coefficient (Wildman–Crippen LogP) is 2.79. The highest BCUT2D eigenvalue weighted by molar-refractivity contribution is 7.18. The van der Waals surface area contributed by atoms with E-state index in [-0.39, 0.29) is 19.1 Å². The molecule has 1 atom stereocenters. The highest BCUT2D eigenvalue weighted by Gasteiger charge is 2.25. The standard InChI is InChI=1S/C26H28N6O3S/c1-17-13-21-23(29-26(30-24(21)36-17)28-15-20(34)16-33)31-9-11-32(12-10-31)25(35)19-7-8-22(27-14-19)18-5-3-2-4-6-18/h2-8,13-14,20,33-34H,9-12,15-16H2,1H3,(H,28,29,30)/t20-/m1/s1. The number of thiophene rings is 1. The van der Waals surface area contributed by atoms with Crippen LogP contribution >= 0.6 is 11.3 Å². The Kier molecular flexibility index (Phi) is 7.08. The summed E-state index contributed by atoms with van der Waals surface area (Å²) in [5.41, 5.74) is 2.44. The molecule has 5 rings (SSSR count). The number of aliphatic hydroxyl groups excluding tert-OH is 2. The molecule has 10 heteroatoms. The molecule has 1 aliphatic heterocycles. The summed E-state index contributed by atoms with van der Waals surface area (Å²) < 4.78 is 0. The van der Waals surface area contributed by atoms with Gasteiger partial charge in [-0.05, 0) is 25.1 Å². The van der Waals surface area contributed by atoms with Gasteiger partial charge in [0.1, 0.15) is 10.6 Å². The summed E-state index contributed by atoms with van der Waals surface area (Å²) in [6, 6.07) is 15.7. The Bertz CT molecular complexity index is 1340. The van der Waals surface area contributed by atoms with E-state index in [1.807, 2.05) is 54.3 Å². The van der Waals surface area contributed by atoms with E-state index in [0.717, 1.165) is 32.2 Å². The van der Waals surface area contributed by atoms with Crippen LogP contribution in [0.3, 0.4) is 0 Å². The van der Waals surface area contributed by atoms with Crippen molar-refractivity contribution in [2.75, 3.05) is 49.5 Å². The van der Waals surface area contributed by atoms with Gasteiger partial charge in [0.15, 0.2) is 0 Å². The molecule has 1 amide bonds. The van der Waals surface area contributed by atoms with E-state index in [1.54, 1.807) is 17.5 Å². The largest absolute Gasteiger partial charge is 0.394 e. The van der Waals surface area contributed by atoms with E-state index in [1.165, 1.54) is 0 Å². The molecule has 0 unspecified atom stereocenters. The van der Waals surface area contributed by atoms with E-state index in [0.29, 0.717) is 37.7 Å². The molecule has 0 saturated carbocycles. The highest BCUT2D eigenvalue weighted by atomic mass is 32.1. The summed E-state index contributed by atoms with van der Waals surface area (Å²) in [5, 5.41) is 22.8. The van der Waals surface area contributed by atoms with Gasteiger partial charge >= 0.3 is 0 Å². The Labute approximate surface area is 213 Å². The quantitative estimate of drug-likeness (QED) is 0.352. The molecule has 9 nitrogen and oxygen atoms in total. The minimum Gasteiger partial charge on any atom is -0.394 e. The number of fused-ring (bicyclic) bond motifs is 1. The van der Waals surface area contributed by atoms with Crippen LogP contribution in [0, 0.1) is 6.92 Å². The van der Waals surface area contributed by atoms with E-state index in [2.05, 4.69) is 26.3 Å². The molecule has 1 aliphatic rings. The second kappa shape index (κ2) is 10.6. The van der Waals surface area contributed by atoms with E-state index >= 15 is 0 Å². The summed E-state index contributed by atoms with van der Waals surface area (Å²) >= 11 is 1.59. The van der Waals surface area contributed by atoms with Crippen molar-refractivity contribution < 1.29 is 15.0 Å². The van der Waals surface area contributed by atoms with Crippen LogP contribution in [0.25, 0.3) is 21.5 Å². The molecule has 36 heavy (non-hydrogen) atoms. The Morgan fingerprint density at radius 3 is 2.58 bits per heavy atom. The van der Waals surface area contributed by atoms with Crippen LogP contribution in [0.5, 0.6) is 0 Å². The number of hydrogen-bond donors (Lipinski definition) is 3. The van der Waals surface area contributed by atoms with E-state index in [9.17, 15) is 9.90 Å². The third-order valence-electron chi connectivity index (χ3n) is 6.15. The number of carbonyl (C=O) groups is 1. The van der Waals surface area contributed by atoms with Crippen molar-refractivity contribution in [3.05, 3.63) is 65.2 Å². The maximum atomic E-state index is 13.1. The molecule has 0 aliphatic carbocycles. The number of nitrogens with one attached hydrogen (secondary N) is 1. The normalized spacial score (nSPS) is 14.8. The van der Waals surface area contributed by atoms with Crippen LogP contribution in [0.4, 0.5) is 11.8 Å². The van der Waals surface area contributed by atoms with Gasteiger partial charge in [0.05, 0.1) is 29.4 Å². The maximum absolute atomic E-state index is 13.1. The molecule has 0 spiro atoms. The molecule has 4 aromatic rings. The number of hydrogen-bond acceptors (Lipinski definition) is 9. The highest BCUT2D eigenvalue weighted by Crippen LogP contribution is 2.32. The number of amides is 1. The molecule has 1 fully saturated rings. The molecule has 1 aromatic carbocycles. The van der Waals surface area contributed by atoms with Gasteiger partial charge in [0.2, 0.25) is 5.95 Å². The van der Waals surface area contributed by atoms with Crippen LogP contribution in [-0.2, 0) is 0 Å². The fourth-order valence-corrected chi connectivity index (χ4v) is 5.10. The summed E-state index contributed by atoms with van der Waals surface area (Å²) in [4.78, 5) is 32.9. The van der Waals surface area contributed by atoms with E-state index in [4.69, 9.17) is 10.1 Å². The number of aryl methyl sites for hydroxylation is 1. The number of aromatic nitrogens is 3. The third-order valence-corrected chi connectivity index (χ3v) is 7.09. The summed E-state index contributed by atoms with van der Waals surface area (Å²) in [7, 11) is 0. The van der Waals surface area contributed by atoms with Gasteiger partial charge in [-0.1, -0.05) is 30.3 Å². The summed E-state index contributed by atoms with van der Waals surface area (Å²) in [6.45, 7) is 4.28. The lowest BCUT2D eigenvalue weighted by atomic mass is 10.1. The molecule has 186 valence electrons. The third kappa shape index (κ3) is 5.15. The SMILES string of the molecule is Cc1cc2c(N3CCN(C(=O)c4ccc(-c5ccccc5)nc4)CC3)nc(NC[C@@H](O)CO)nc2s1. The number of pyridine rings is 1. The number of benzene rings is 1. The molecule has 1 saturated heterocycles. The maximum Gasteiger partial charge on any atom is 0.255 e. The fraction of sp³-hybridized carbons (Fsp3) is 0.308. The Morgan fingerprint density at radius 2 is 1.89 bits per heavy atom. The zero-order valence-electron chi connectivity index (χ0n) is 20.0. The second-order valence-electron chi connectivity index (χ2n) is 8.74. The first kappa shape index (κ1) is 24.1. The van der Waals surface area contributed by atoms with Crippen molar-refractivity contribution in [2.24, 2.45) is 0 Å². The average Bonchev–Trinajstić information content (AvgIpc) is 3.31. The van der Waals surface area contributed by atoms with Crippen LogP contribution in [0.1, 0.15) is 15.2 Å². The average molecular weight is 505 g/mol. The first-order valence-corrected chi connectivity index (χ1v) is 12.7. The molecule has 0 bridgehead atoms. The van der Waals surface area contributed by atoms with Gasteiger partial charge < -0.3 is 25.3 Å². The molecule has 3 N–H and O–H groups in total. The number of rotatable bonds is 7. The topological polar surface area (TPSA) is 115 Å². The fourth-order valence-electron chi connectivity index (χ4n) is 4.22. The predicted molar refractivity (Wildman–Crippen MR) is 142 cm³/mol. The zero-order chi connectivity index (χ0) is 25.1. The molecular formula is C26H28N6O3S. The summed E-state index contributed by atoms with van der Waals surface area (Å²) in [5.74, 6) is 1.20. The smallest absolute Gasteiger partial charge is 0.255 e. The summed E-state index contributed by atoms with van der Waals surface area (Å²) in [6.07, 6.45) is 0.765. The van der Waals surface area contributed by atoms with Crippen molar-refractivity contribution in [3.63, 3.8) is 0 Å². The zero-order valence-corrected chi connectivity index (χ0v) is 20.8. The minimum atomic E-state index is -0.886. The van der Waals surface area contributed by atoms with E-state index < -0.39 is 6.10 Å². The van der Waals surface area contributed by atoms with Crippen LogP contribution in [-0.4, -0.2) is 81.4 Å². The van der Waals surface area contributed by atoms with Crippen LogP contribution in [0.15, 0.2) is 54.7 Å². The van der Waals surface area contributed by atoms with Crippen molar-refractivity contribution >= 4 is 39.2 Å². The first-order chi connectivity index (χ1) is 17.5. The number of carbonyl (C=O) groups excluding carboxylic acids is 1. The van der Waals surface area contributed by atoms with Crippen molar-refractivity contribution in [1.29, 1.82) is 0 Å². The number of aliphatic hydroxyl groups is 2. The second-order valence-corrected chi connectivity index (χ2v) is 9.98. The van der Waals surface area contributed by atoms with Gasteiger partial charge in [-0.2, -0.15) is 4.98 Å². The van der Waals surface area contributed by atoms with Crippen LogP contribution < -0.4 is 10.2 Å². The lowest BCUT2D eigenvalue weighted by Gasteiger charge is -2.35. The van der Waals surface area contributed by atoms with Crippen molar-refractivity contribution in [3.8, 4) is 11.3 Å². The van der Waals surface area contributed by atoms with Crippen molar-refractivity contribution in [1.82, 2.24) is 19.9 Å². The Morgan fingerprint density at radius 1 is 1.11 bits per heavy atom. The molecule has 0 radical (unpaired) electrons. The lowest BCUT2D eigenvalue weighted by molar-refractivity contribution is 0.0746. The Hall–Kier alpha value is -3.60. The number of anilines is 2. The molecule has 3 aromatic heterocycles. The molecular weight excluding hydrogens is 476 g/mol. The van der Waals surface area contributed by atoms with Gasteiger partial charge in [0, 0.05) is 49.4 Å². The monoisotopic (exact) mass is 504 g/mol. The van der Waals surface area contributed by atoms with Gasteiger partial charge in [0.25, 0.3) is 5.91 Å². The van der Waals surface area contributed by atoms with Gasteiger partial charge in [-0.25, -0.2) is 4.98 Å².